The summed E-state index contributed by atoms with van der Waals surface area (Å²) in [5.74, 6) is -5.22. The van der Waals surface area contributed by atoms with E-state index in [0.717, 1.165) is 10.5 Å². The van der Waals surface area contributed by atoms with E-state index in [1.54, 1.807) is 12.1 Å². The van der Waals surface area contributed by atoms with Crippen LogP contribution in [0.1, 0.15) is 5.56 Å². The van der Waals surface area contributed by atoms with E-state index in [2.05, 4.69) is 5.32 Å². The Morgan fingerprint density at radius 2 is 0.971 bits per heavy atom. The monoisotopic (exact) mass is 482 g/mol. The first kappa shape index (κ1) is 28.5. The van der Waals surface area contributed by atoms with Crippen molar-refractivity contribution >= 4 is 35.5 Å². The van der Waals surface area contributed by atoms with Gasteiger partial charge in [0.2, 0.25) is 5.91 Å². The molecule has 1 rings (SSSR count). The van der Waals surface area contributed by atoms with Gasteiger partial charge in [-0.15, -0.1) is 0 Å². The number of anilines is 1. The first-order valence-electron chi connectivity index (χ1n) is 10.4. The summed E-state index contributed by atoms with van der Waals surface area (Å²) in [6.07, 6.45) is 0. The number of nitrogens with zero attached hydrogens (tertiary/aromatic N) is 3. The SMILES string of the molecule is Cc1ccc(NC(=O)CN(CCN(CCN(CC(=O)O)CC(=O)O)CC(=O)O)CC(=O)O)cc1. The van der Waals surface area contributed by atoms with E-state index in [4.69, 9.17) is 15.3 Å². The summed E-state index contributed by atoms with van der Waals surface area (Å²) in [5.41, 5.74) is 1.56. The first-order valence-corrected chi connectivity index (χ1v) is 10.4. The van der Waals surface area contributed by atoms with E-state index in [-0.39, 0.29) is 32.7 Å². The molecule has 1 aromatic carbocycles. The number of carbonyl (C=O) groups excluding carboxylic acids is 1. The van der Waals surface area contributed by atoms with Crippen LogP contribution in [0.4, 0.5) is 5.69 Å². The molecule has 0 unspecified atom stereocenters. The largest absolute Gasteiger partial charge is 0.480 e. The number of nitrogens with one attached hydrogen (secondary N) is 1. The molecule has 188 valence electrons. The van der Waals surface area contributed by atoms with Crippen LogP contribution >= 0.6 is 0 Å². The summed E-state index contributed by atoms with van der Waals surface area (Å²) in [5, 5.41) is 38.9. The molecule has 0 saturated carbocycles. The van der Waals surface area contributed by atoms with Crippen molar-refractivity contribution in [3.8, 4) is 0 Å². The van der Waals surface area contributed by atoms with Crippen LogP contribution in [0.2, 0.25) is 0 Å². The quantitative estimate of drug-likeness (QED) is 0.186. The van der Waals surface area contributed by atoms with Crippen LogP contribution in [0.5, 0.6) is 0 Å². The average Bonchev–Trinajstić information content (AvgIpc) is 2.69. The lowest BCUT2D eigenvalue weighted by molar-refractivity contribution is -0.143. The highest BCUT2D eigenvalue weighted by atomic mass is 16.4. The molecule has 0 aromatic heterocycles. The zero-order valence-electron chi connectivity index (χ0n) is 18.8. The summed E-state index contributed by atoms with van der Waals surface area (Å²) in [6.45, 7) is -0.186. The highest BCUT2D eigenvalue weighted by Gasteiger charge is 2.19. The van der Waals surface area contributed by atoms with Crippen LogP contribution in [-0.2, 0) is 24.0 Å². The zero-order chi connectivity index (χ0) is 25.7. The number of aliphatic carboxylic acids is 4. The fourth-order valence-electron chi connectivity index (χ4n) is 3.07. The molecule has 0 fully saturated rings. The van der Waals surface area contributed by atoms with Gasteiger partial charge in [0.25, 0.3) is 0 Å². The van der Waals surface area contributed by atoms with Gasteiger partial charge in [0.05, 0.1) is 32.7 Å². The van der Waals surface area contributed by atoms with E-state index >= 15 is 0 Å². The topological polar surface area (TPSA) is 188 Å². The molecule has 5 N–H and O–H groups in total. The molecular weight excluding hydrogens is 452 g/mol. The second kappa shape index (κ2) is 14.6. The van der Waals surface area contributed by atoms with Gasteiger partial charge < -0.3 is 25.7 Å². The van der Waals surface area contributed by atoms with Gasteiger partial charge in [-0.1, -0.05) is 17.7 Å². The highest BCUT2D eigenvalue weighted by Crippen LogP contribution is 2.08. The molecule has 34 heavy (non-hydrogen) atoms. The van der Waals surface area contributed by atoms with E-state index in [1.165, 1.54) is 9.80 Å². The van der Waals surface area contributed by atoms with Gasteiger partial charge in [-0.3, -0.25) is 38.7 Å². The van der Waals surface area contributed by atoms with Crippen LogP contribution in [0.3, 0.4) is 0 Å². The van der Waals surface area contributed by atoms with Crippen molar-refractivity contribution in [3.05, 3.63) is 29.8 Å². The molecule has 1 amide bonds. The van der Waals surface area contributed by atoms with Crippen molar-refractivity contribution in [1.29, 1.82) is 0 Å². The maximum atomic E-state index is 12.4. The van der Waals surface area contributed by atoms with Gasteiger partial charge in [-0.25, -0.2) is 0 Å². The van der Waals surface area contributed by atoms with Gasteiger partial charge in [0.1, 0.15) is 0 Å². The molecule has 1 aromatic rings. The lowest BCUT2D eigenvalue weighted by Gasteiger charge is -2.27. The lowest BCUT2D eigenvalue weighted by atomic mass is 10.2. The number of hydrogen-bond donors (Lipinski definition) is 5. The van der Waals surface area contributed by atoms with Crippen LogP contribution < -0.4 is 5.32 Å². The summed E-state index contributed by atoms with van der Waals surface area (Å²) in [6, 6.07) is 7.05. The number of benzene rings is 1. The second-order valence-corrected chi connectivity index (χ2v) is 7.69. The van der Waals surface area contributed by atoms with E-state index in [9.17, 15) is 29.1 Å². The molecule has 13 heteroatoms. The highest BCUT2D eigenvalue weighted by molar-refractivity contribution is 5.92. The van der Waals surface area contributed by atoms with Gasteiger partial charge in [-0.05, 0) is 19.1 Å². The number of hydrogen-bond acceptors (Lipinski definition) is 8. The third-order valence-corrected chi connectivity index (χ3v) is 4.60. The Morgan fingerprint density at radius 3 is 1.38 bits per heavy atom. The molecule has 0 radical (unpaired) electrons. The third-order valence-electron chi connectivity index (χ3n) is 4.60. The second-order valence-electron chi connectivity index (χ2n) is 7.69. The van der Waals surface area contributed by atoms with Crippen molar-refractivity contribution < 1.29 is 44.4 Å². The van der Waals surface area contributed by atoms with Gasteiger partial charge in [0.15, 0.2) is 0 Å². The molecule has 0 aliphatic rings. The Morgan fingerprint density at radius 1 is 0.618 bits per heavy atom. The fraction of sp³-hybridized carbons (Fsp3) is 0.476. The minimum absolute atomic E-state index is 0.0290. The number of carboxylic acid groups (broad SMARTS) is 4. The van der Waals surface area contributed by atoms with E-state index in [0.29, 0.717) is 5.69 Å². The summed E-state index contributed by atoms with van der Waals surface area (Å²) in [7, 11) is 0. The van der Waals surface area contributed by atoms with Crippen molar-refractivity contribution in [2.45, 2.75) is 6.92 Å². The summed E-state index contributed by atoms with van der Waals surface area (Å²) >= 11 is 0. The van der Waals surface area contributed by atoms with Gasteiger partial charge >= 0.3 is 23.9 Å². The molecular formula is C21H30N4O9. The van der Waals surface area contributed by atoms with Crippen LogP contribution in [0.15, 0.2) is 24.3 Å². The van der Waals surface area contributed by atoms with Gasteiger partial charge in [0, 0.05) is 31.9 Å². The average molecular weight is 482 g/mol. The molecule has 0 saturated heterocycles. The lowest BCUT2D eigenvalue weighted by Crippen LogP contribution is -2.46. The first-order chi connectivity index (χ1) is 15.9. The van der Waals surface area contributed by atoms with Crippen molar-refractivity contribution in [3.63, 3.8) is 0 Å². The maximum absolute atomic E-state index is 12.4. The predicted octanol–water partition coefficient (Wildman–Crippen LogP) is -0.822. The van der Waals surface area contributed by atoms with Crippen LogP contribution in [-0.4, -0.2) is 124 Å². The number of rotatable bonds is 17. The molecule has 0 spiro atoms. The number of amides is 1. The molecule has 0 aliphatic carbocycles. The molecule has 0 heterocycles. The third kappa shape index (κ3) is 13.1. The maximum Gasteiger partial charge on any atom is 0.317 e. The Bertz CT molecular complexity index is 844. The Kier molecular flexibility index (Phi) is 12.2. The van der Waals surface area contributed by atoms with Crippen LogP contribution in [0, 0.1) is 6.92 Å². The number of carboxylic acids is 4. The van der Waals surface area contributed by atoms with Crippen molar-refractivity contribution in [1.82, 2.24) is 14.7 Å². The van der Waals surface area contributed by atoms with E-state index < -0.39 is 56.0 Å². The zero-order valence-corrected chi connectivity index (χ0v) is 18.8. The predicted molar refractivity (Wildman–Crippen MR) is 120 cm³/mol. The number of carbonyl (C=O) groups is 5. The summed E-state index contributed by atoms with van der Waals surface area (Å²) < 4.78 is 0. The minimum Gasteiger partial charge on any atom is -0.480 e. The Balaban J connectivity index is 2.74. The minimum atomic E-state index is -1.22. The molecule has 13 nitrogen and oxygen atoms in total. The van der Waals surface area contributed by atoms with Crippen molar-refractivity contribution in [2.24, 2.45) is 0 Å². The Hall–Kier alpha value is -3.55. The van der Waals surface area contributed by atoms with Crippen molar-refractivity contribution in [2.75, 3.05) is 64.2 Å². The molecule has 0 atom stereocenters. The fourth-order valence-corrected chi connectivity index (χ4v) is 3.07. The van der Waals surface area contributed by atoms with E-state index in [1.807, 2.05) is 19.1 Å². The summed E-state index contributed by atoms with van der Waals surface area (Å²) in [4.78, 5) is 60.6. The normalized spacial score (nSPS) is 11.1. The van der Waals surface area contributed by atoms with Crippen LogP contribution in [0.25, 0.3) is 0 Å². The van der Waals surface area contributed by atoms with Gasteiger partial charge in [-0.2, -0.15) is 0 Å². The standard InChI is InChI=1S/C21H30N4O9/c1-15-2-4-16(5-3-15)22-17(26)10-24(12-19(29)30)8-6-23(11-18(27)28)7-9-25(13-20(31)32)14-21(33)34/h2-5H,6-14H2,1H3,(H,22,26)(H,27,28)(H,29,30)(H,31,32)(H,33,34). The molecule has 0 aliphatic heterocycles. The molecule has 0 bridgehead atoms. The smallest absolute Gasteiger partial charge is 0.317 e. The Labute approximate surface area is 196 Å². The number of aryl methyl sites for hydroxylation is 1.